The van der Waals surface area contributed by atoms with E-state index in [1.165, 1.54) is 39.6 Å². The first-order chi connectivity index (χ1) is 30.2. The largest absolute Gasteiger partial charge is 1.00 e. The van der Waals surface area contributed by atoms with Crippen LogP contribution in [0.15, 0.2) is 19.0 Å². The van der Waals surface area contributed by atoms with E-state index in [4.69, 9.17) is 32.4 Å². The second kappa shape index (κ2) is 25.0. The fraction of sp³-hybridized carbons (Fsp3) is 0.538. The average molecular weight is 932 g/mol. The Balaban J connectivity index is 0.000000234. The van der Waals surface area contributed by atoms with Gasteiger partial charge in [-0.15, -0.1) is 0 Å². The molecule has 0 unspecified atom stereocenters. The van der Waals surface area contributed by atoms with Crippen LogP contribution in [-0.4, -0.2) is 107 Å². The summed E-state index contributed by atoms with van der Waals surface area (Å²) in [7, 11) is 2.90. The monoisotopic (exact) mass is 931 g/mol. The molecule has 9 rings (SSSR count). The first-order valence-electron chi connectivity index (χ1n) is 20.4. The molecule has 25 nitrogen and oxygen atoms in total. The van der Waals surface area contributed by atoms with Crippen molar-refractivity contribution in [2.24, 2.45) is 29.6 Å². The number of methoxy groups -OCH3 is 2. The van der Waals surface area contributed by atoms with Gasteiger partial charge < -0.3 is 51.5 Å². The zero-order valence-electron chi connectivity index (χ0n) is 37.7. The minimum Gasteiger partial charge on any atom is -0.870 e. The second-order valence-electron chi connectivity index (χ2n) is 15.7. The van der Waals surface area contributed by atoms with Crippen LogP contribution < -0.4 is 80.0 Å². The molecule has 348 valence electrons. The molecule has 0 spiro atoms. The summed E-state index contributed by atoms with van der Waals surface area (Å²) in [5.74, 6) is 7.34. The summed E-state index contributed by atoms with van der Waals surface area (Å²) in [5.41, 5.74) is 22.9. The maximum Gasteiger partial charge on any atom is 1.00 e. The van der Waals surface area contributed by atoms with Gasteiger partial charge in [-0.05, 0) is 84.5 Å². The van der Waals surface area contributed by atoms with Crippen LogP contribution in [0, 0.1) is 44.4 Å². The Labute approximate surface area is 416 Å². The van der Waals surface area contributed by atoms with E-state index >= 15 is 0 Å². The Kier molecular flexibility index (Phi) is 20.9. The summed E-state index contributed by atoms with van der Waals surface area (Å²) in [6, 6.07) is 0.343. The molecule has 26 heteroatoms. The van der Waals surface area contributed by atoms with Crippen molar-refractivity contribution in [3.63, 3.8) is 0 Å². The van der Waals surface area contributed by atoms with Crippen LogP contribution in [0.25, 0.3) is 33.5 Å². The summed E-state index contributed by atoms with van der Waals surface area (Å²) < 4.78 is 13.5. The standard InChI is InChI=1S/C13H17N5O2.C12H16N6O2.C8H14O2.C6H7N5.K.H3NO.H2O/c1-7-17-10-11(14)15-6-16-12(10)18(7)9-4-3-8(5-9)13(19)20-2;1-6-16-9-10(13)14-5-15-11(9)18(6)8-3-2-7(4-8)12(19)17-20;1-6-3-4-7(5-6)8(9)10-2;1-3-10-4-5(7)8-2-9-6(4)11-3;;1-2;/h6,8-9H,3-5H2,1-2H3,(H2,14,15,16);5,7-8,20H,2-4H2,1H3,(H,17,19)(H2,13,14,15);6-7H,3-5H2,1-2H3;2H,1H3,(H3,7,8,9,10,11);;2H,1H2;1H2/q;;;;+1;;/p-1/t8-,9-;7-,8-;6-,7+;;;;/m110..../s1. The third-order valence-electron chi connectivity index (χ3n) is 11.6. The van der Waals surface area contributed by atoms with Gasteiger partial charge in [-0.3, -0.25) is 19.6 Å². The number of hydrogen-bond donors (Lipinski definition) is 8. The zero-order chi connectivity index (χ0) is 46.0. The topological polar surface area (TPSA) is 398 Å². The number of nitrogen functional groups attached to an aromatic ring is 3. The minimum atomic E-state index is -0.330. The van der Waals surface area contributed by atoms with E-state index in [0.29, 0.717) is 57.6 Å². The first-order valence-corrected chi connectivity index (χ1v) is 20.4. The number of carbonyl (C=O) groups is 3. The van der Waals surface area contributed by atoms with Crippen molar-refractivity contribution in [1.29, 1.82) is 0 Å². The number of aromatic nitrogens is 12. The molecule has 3 aliphatic rings. The van der Waals surface area contributed by atoms with Gasteiger partial charge in [0, 0.05) is 18.0 Å². The molecule has 3 saturated carbocycles. The number of anilines is 3. The fourth-order valence-corrected chi connectivity index (χ4v) is 8.59. The molecule has 65 heavy (non-hydrogen) atoms. The van der Waals surface area contributed by atoms with Gasteiger partial charge in [-0.25, -0.2) is 56.2 Å². The Morgan fingerprint density at radius 1 is 0.677 bits per heavy atom. The molecule has 0 radical (unpaired) electrons. The molecule has 6 heterocycles. The van der Waals surface area contributed by atoms with Gasteiger partial charge in [0.2, 0.25) is 5.91 Å². The van der Waals surface area contributed by atoms with Crippen molar-refractivity contribution in [2.75, 3.05) is 31.4 Å². The van der Waals surface area contributed by atoms with Crippen molar-refractivity contribution in [3.05, 3.63) is 36.5 Å². The number of aryl methyl sites for hydroxylation is 3. The molecule has 0 saturated heterocycles. The van der Waals surface area contributed by atoms with Gasteiger partial charge in [-0.2, -0.15) is 0 Å². The van der Waals surface area contributed by atoms with Crippen molar-refractivity contribution in [3.8, 4) is 0 Å². The number of H-pyrrole nitrogens is 1. The Morgan fingerprint density at radius 2 is 1.12 bits per heavy atom. The number of fused-ring (bicyclic) bond motifs is 3. The molecule has 3 fully saturated rings. The van der Waals surface area contributed by atoms with Crippen LogP contribution in [0.4, 0.5) is 17.5 Å². The van der Waals surface area contributed by atoms with E-state index in [0.717, 1.165) is 68.1 Å². The number of nitrogens with one attached hydrogen (secondary N) is 2. The number of esters is 2. The zero-order valence-corrected chi connectivity index (χ0v) is 40.8. The molecule has 13 N–H and O–H groups in total. The van der Waals surface area contributed by atoms with Gasteiger partial charge in [-0.1, -0.05) is 6.92 Å². The molecular weight excluding hydrogens is 874 g/mol. The number of carbonyl (C=O) groups excluding carboxylic acids is 3. The summed E-state index contributed by atoms with van der Waals surface area (Å²) >= 11 is 0. The Bertz CT molecular complexity index is 2400. The van der Waals surface area contributed by atoms with Crippen LogP contribution >= 0.6 is 0 Å². The van der Waals surface area contributed by atoms with Crippen LogP contribution in [0.3, 0.4) is 0 Å². The van der Waals surface area contributed by atoms with Crippen molar-refractivity contribution >= 4 is 68.8 Å². The van der Waals surface area contributed by atoms with E-state index in [1.807, 2.05) is 25.3 Å². The second-order valence-corrected chi connectivity index (χ2v) is 15.7. The van der Waals surface area contributed by atoms with Gasteiger partial charge in [0.05, 0.1) is 26.1 Å². The predicted molar refractivity (Wildman–Crippen MR) is 231 cm³/mol. The van der Waals surface area contributed by atoms with Gasteiger partial charge >= 0.3 is 63.3 Å². The predicted octanol–water partition coefficient (Wildman–Crippen LogP) is -0.205. The van der Waals surface area contributed by atoms with E-state index in [-0.39, 0.29) is 105 Å². The van der Waals surface area contributed by atoms with E-state index in [1.54, 1.807) is 5.48 Å². The maximum absolute atomic E-state index is 11.6. The van der Waals surface area contributed by atoms with Crippen molar-refractivity contribution in [2.45, 2.75) is 97.6 Å². The van der Waals surface area contributed by atoms with E-state index in [2.05, 4.69) is 72.0 Å². The van der Waals surface area contributed by atoms with E-state index in [9.17, 15) is 14.4 Å². The number of ether oxygens (including phenoxy) is 2. The molecule has 0 bridgehead atoms. The Morgan fingerprint density at radius 3 is 1.58 bits per heavy atom. The summed E-state index contributed by atoms with van der Waals surface area (Å²) in [5, 5.41) is 15.2. The molecule has 6 aromatic heterocycles. The van der Waals surface area contributed by atoms with Crippen molar-refractivity contribution in [1.82, 2.24) is 64.5 Å². The smallest absolute Gasteiger partial charge is 0.870 e. The average Bonchev–Trinajstić information content (AvgIpc) is 4.15. The first kappa shape index (κ1) is 54.3. The van der Waals surface area contributed by atoms with Crippen LogP contribution in [0.5, 0.6) is 0 Å². The number of amides is 1. The number of imidazole rings is 3. The number of hydroxylamine groups is 1. The fourth-order valence-electron chi connectivity index (χ4n) is 8.59. The molecule has 0 aliphatic heterocycles. The number of hydrogen-bond acceptors (Lipinski definition) is 21. The van der Waals surface area contributed by atoms with Crippen LogP contribution in [0.2, 0.25) is 0 Å². The normalized spacial score (nSPS) is 20.6. The van der Waals surface area contributed by atoms with Crippen LogP contribution in [0.1, 0.15) is 94.3 Å². The van der Waals surface area contributed by atoms with Gasteiger partial charge in [0.25, 0.3) is 0 Å². The molecule has 0 aromatic carbocycles. The quantitative estimate of drug-likeness (QED) is 0.0480. The number of aromatic amines is 1. The molecule has 1 amide bonds. The van der Waals surface area contributed by atoms with E-state index < -0.39 is 0 Å². The molecule has 6 atom stereocenters. The maximum atomic E-state index is 11.6. The molecule has 3 aliphatic carbocycles. The summed E-state index contributed by atoms with van der Waals surface area (Å²) in [6.45, 7) is 7.84. The summed E-state index contributed by atoms with van der Waals surface area (Å²) in [6.07, 6.45) is 12.2. The SMILES string of the molecule is COC(=O)[C@@H]1CC[C@@H](n2c(C)nc3c(N)ncnc32)C1.COC(=O)[C@@H]1CC[C@H](C)C1.Cc1nc2c(N)ncnc2n1[C@@H]1CC[C@@H](C(=O)NO)C1.Cc1nc2ncnc(N)c2[nH]1.NO.[K+].[OH-]. The third-order valence-corrected chi connectivity index (χ3v) is 11.6. The molecular formula is C39H58KN17O8. The number of nitrogens with zero attached hydrogens (tertiary/aromatic N) is 11. The Hall–Kier alpha value is -5.06. The van der Waals surface area contributed by atoms with Gasteiger partial charge in [0.15, 0.2) is 45.4 Å². The third kappa shape index (κ3) is 12.8. The van der Waals surface area contributed by atoms with Gasteiger partial charge in [0.1, 0.15) is 42.0 Å². The number of rotatable bonds is 5. The van der Waals surface area contributed by atoms with Crippen molar-refractivity contribution < 1.29 is 91.1 Å². The summed E-state index contributed by atoms with van der Waals surface area (Å²) in [4.78, 5) is 74.2. The molecule has 6 aromatic rings. The van der Waals surface area contributed by atoms with Crippen LogP contribution in [-0.2, 0) is 23.9 Å². The number of nitrogens with two attached hydrogens (primary N) is 4. The minimum absolute atomic E-state index is 0.